The maximum absolute atomic E-state index is 12.2. The maximum Gasteiger partial charge on any atom is 0.274 e. The predicted molar refractivity (Wildman–Crippen MR) is 96.1 cm³/mol. The molecule has 122 valence electrons. The van der Waals surface area contributed by atoms with Gasteiger partial charge in [0.25, 0.3) is 5.91 Å². The van der Waals surface area contributed by atoms with Crippen LogP contribution in [-0.4, -0.2) is 34.6 Å². The van der Waals surface area contributed by atoms with Crippen molar-refractivity contribution in [3.63, 3.8) is 0 Å². The quantitative estimate of drug-likeness (QED) is 0.821. The van der Waals surface area contributed by atoms with Crippen molar-refractivity contribution in [2.45, 2.75) is 26.7 Å². The van der Waals surface area contributed by atoms with Crippen LogP contribution in [0.4, 0.5) is 11.5 Å². The van der Waals surface area contributed by atoms with E-state index >= 15 is 0 Å². The molecule has 2 aromatic rings. The summed E-state index contributed by atoms with van der Waals surface area (Å²) in [5.74, 6) is 0.514. The average molecular weight is 377 g/mol. The standard InChI is InChI=1S/C17H21BrN4O/c1-4-5-10-22(3)17(23)15-8-9-16(21-20-15)19-14-7-6-13(18)11-12(14)2/h6-9,11H,4-5,10H2,1-3H3,(H,19,21). The van der Waals surface area contributed by atoms with Gasteiger partial charge in [-0.2, -0.15) is 0 Å². The van der Waals surface area contributed by atoms with Crippen molar-refractivity contribution in [3.05, 3.63) is 46.1 Å². The van der Waals surface area contributed by atoms with Crippen LogP contribution in [0.15, 0.2) is 34.8 Å². The molecule has 1 amide bonds. The smallest absolute Gasteiger partial charge is 0.274 e. The Balaban J connectivity index is 2.05. The Morgan fingerprint density at radius 3 is 2.65 bits per heavy atom. The maximum atomic E-state index is 12.2. The molecule has 0 spiro atoms. The highest BCUT2D eigenvalue weighted by Gasteiger charge is 2.13. The van der Waals surface area contributed by atoms with Crippen LogP contribution in [0.25, 0.3) is 0 Å². The lowest BCUT2D eigenvalue weighted by molar-refractivity contribution is 0.0786. The molecule has 6 heteroatoms. The Hall–Kier alpha value is -1.95. The van der Waals surface area contributed by atoms with Gasteiger partial charge in [0.15, 0.2) is 11.5 Å². The van der Waals surface area contributed by atoms with Gasteiger partial charge in [0, 0.05) is 23.8 Å². The fourth-order valence-corrected chi connectivity index (χ4v) is 2.59. The molecule has 0 radical (unpaired) electrons. The van der Waals surface area contributed by atoms with Crippen LogP contribution in [0.1, 0.15) is 35.8 Å². The highest BCUT2D eigenvalue weighted by molar-refractivity contribution is 9.10. The number of nitrogens with one attached hydrogen (secondary N) is 1. The highest BCUT2D eigenvalue weighted by Crippen LogP contribution is 2.22. The summed E-state index contributed by atoms with van der Waals surface area (Å²) < 4.78 is 1.03. The summed E-state index contributed by atoms with van der Waals surface area (Å²) in [4.78, 5) is 13.9. The molecule has 0 saturated carbocycles. The fourth-order valence-electron chi connectivity index (χ4n) is 2.11. The van der Waals surface area contributed by atoms with E-state index in [1.807, 2.05) is 25.1 Å². The normalized spacial score (nSPS) is 10.4. The Kier molecular flexibility index (Phi) is 6.10. The lowest BCUT2D eigenvalue weighted by Crippen LogP contribution is -2.28. The number of carbonyl (C=O) groups is 1. The number of carbonyl (C=O) groups excluding carboxylic acids is 1. The molecule has 23 heavy (non-hydrogen) atoms. The first kappa shape index (κ1) is 17.4. The van der Waals surface area contributed by atoms with Crippen molar-refractivity contribution < 1.29 is 4.79 Å². The molecule has 0 aliphatic carbocycles. The second-order valence-electron chi connectivity index (χ2n) is 5.47. The molecule has 1 aromatic carbocycles. The van der Waals surface area contributed by atoms with Crippen molar-refractivity contribution in [2.75, 3.05) is 18.9 Å². The van der Waals surface area contributed by atoms with Crippen LogP contribution in [-0.2, 0) is 0 Å². The summed E-state index contributed by atoms with van der Waals surface area (Å²) in [5, 5.41) is 11.3. The number of aryl methyl sites for hydroxylation is 1. The third-order valence-corrected chi connectivity index (χ3v) is 4.02. The molecule has 0 atom stereocenters. The Morgan fingerprint density at radius 1 is 1.26 bits per heavy atom. The van der Waals surface area contributed by atoms with Crippen LogP contribution in [0.5, 0.6) is 0 Å². The zero-order valence-corrected chi connectivity index (χ0v) is 15.2. The largest absolute Gasteiger partial charge is 0.340 e. The Labute approximate surface area is 145 Å². The molecular formula is C17H21BrN4O. The number of unbranched alkanes of at least 4 members (excludes halogenated alkanes) is 1. The molecule has 1 aromatic heterocycles. The minimum atomic E-state index is -0.0997. The minimum absolute atomic E-state index is 0.0997. The number of nitrogens with zero attached hydrogens (tertiary/aromatic N) is 3. The van der Waals surface area contributed by atoms with Crippen LogP contribution >= 0.6 is 15.9 Å². The van der Waals surface area contributed by atoms with Crippen LogP contribution in [0.2, 0.25) is 0 Å². The first-order valence-electron chi connectivity index (χ1n) is 7.63. The van der Waals surface area contributed by atoms with Gasteiger partial charge in [-0.25, -0.2) is 0 Å². The molecule has 0 unspecified atom stereocenters. The number of anilines is 2. The van der Waals surface area contributed by atoms with Crippen molar-refractivity contribution in [1.82, 2.24) is 15.1 Å². The van der Waals surface area contributed by atoms with Crippen molar-refractivity contribution in [1.29, 1.82) is 0 Å². The summed E-state index contributed by atoms with van der Waals surface area (Å²) in [7, 11) is 1.79. The molecule has 1 heterocycles. The van der Waals surface area contributed by atoms with Crippen LogP contribution < -0.4 is 5.32 Å². The molecule has 5 nitrogen and oxygen atoms in total. The van der Waals surface area contributed by atoms with Crippen LogP contribution in [0, 0.1) is 6.92 Å². The first-order chi connectivity index (χ1) is 11.0. The Morgan fingerprint density at radius 2 is 2.04 bits per heavy atom. The van der Waals surface area contributed by atoms with E-state index in [4.69, 9.17) is 0 Å². The molecular weight excluding hydrogens is 356 g/mol. The van der Waals surface area contributed by atoms with E-state index in [0.29, 0.717) is 11.5 Å². The summed E-state index contributed by atoms with van der Waals surface area (Å²) in [6.07, 6.45) is 2.04. The minimum Gasteiger partial charge on any atom is -0.340 e. The van der Waals surface area contributed by atoms with Gasteiger partial charge in [0.2, 0.25) is 0 Å². The highest BCUT2D eigenvalue weighted by atomic mass is 79.9. The SMILES string of the molecule is CCCCN(C)C(=O)c1ccc(Nc2ccc(Br)cc2C)nn1. The number of halogens is 1. The third-order valence-electron chi connectivity index (χ3n) is 3.53. The molecule has 0 saturated heterocycles. The summed E-state index contributed by atoms with van der Waals surface area (Å²) in [6, 6.07) is 9.43. The van der Waals surface area contributed by atoms with E-state index in [-0.39, 0.29) is 5.91 Å². The second kappa shape index (κ2) is 8.06. The van der Waals surface area contributed by atoms with E-state index in [0.717, 1.165) is 35.1 Å². The lowest BCUT2D eigenvalue weighted by atomic mass is 10.2. The number of hydrogen-bond acceptors (Lipinski definition) is 4. The Bertz CT molecular complexity index is 673. The number of hydrogen-bond donors (Lipinski definition) is 1. The monoisotopic (exact) mass is 376 g/mol. The summed E-state index contributed by atoms with van der Waals surface area (Å²) >= 11 is 3.44. The molecule has 0 aliphatic rings. The van der Waals surface area contributed by atoms with Gasteiger partial charge in [0.1, 0.15) is 0 Å². The van der Waals surface area contributed by atoms with Crippen molar-refractivity contribution in [2.24, 2.45) is 0 Å². The molecule has 0 aliphatic heterocycles. The second-order valence-corrected chi connectivity index (χ2v) is 6.38. The fraction of sp³-hybridized carbons (Fsp3) is 0.353. The van der Waals surface area contributed by atoms with E-state index < -0.39 is 0 Å². The topological polar surface area (TPSA) is 58.1 Å². The van der Waals surface area contributed by atoms with E-state index in [1.54, 1.807) is 24.1 Å². The third kappa shape index (κ3) is 4.76. The number of amides is 1. The zero-order valence-electron chi connectivity index (χ0n) is 13.6. The van der Waals surface area contributed by atoms with Gasteiger partial charge in [-0.1, -0.05) is 29.3 Å². The molecule has 0 fully saturated rings. The summed E-state index contributed by atoms with van der Waals surface area (Å²) in [6.45, 7) is 4.85. The summed E-state index contributed by atoms with van der Waals surface area (Å²) in [5.41, 5.74) is 2.42. The van der Waals surface area contributed by atoms with Gasteiger partial charge in [0.05, 0.1) is 0 Å². The molecule has 1 N–H and O–H groups in total. The lowest BCUT2D eigenvalue weighted by Gasteiger charge is -2.16. The number of rotatable bonds is 6. The van der Waals surface area contributed by atoms with E-state index in [2.05, 4.69) is 38.4 Å². The van der Waals surface area contributed by atoms with Gasteiger partial charge in [-0.05, 0) is 49.2 Å². The van der Waals surface area contributed by atoms with Crippen LogP contribution in [0.3, 0.4) is 0 Å². The van der Waals surface area contributed by atoms with Crippen molar-refractivity contribution in [3.8, 4) is 0 Å². The average Bonchev–Trinajstić information content (AvgIpc) is 2.55. The number of aromatic nitrogens is 2. The molecule has 2 rings (SSSR count). The van der Waals surface area contributed by atoms with Gasteiger partial charge in [-0.3, -0.25) is 4.79 Å². The predicted octanol–water partition coefficient (Wildman–Crippen LogP) is 4.16. The van der Waals surface area contributed by atoms with E-state index in [1.165, 1.54) is 0 Å². The van der Waals surface area contributed by atoms with E-state index in [9.17, 15) is 4.79 Å². The van der Waals surface area contributed by atoms with Gasteiger partial charge in [-0.15, -0.1) is 10.2 Å². The molecule has 0 bridgehead atoms. The zero-order chi connectivity index (χ0) is 16.8. The van der Waals surface area contributed by atoms with Gasteiger partial charge < -0.3 is 10.2 Å². The number of benzene rings is 1. The van der Waals surface area contributed by atoms with Crippen molar-refractivity contribution >= 4 is 33.3 Å². The first-order valence-corrected chi connectivity index (χ1v) is 8.43. The van der Waals surface area contributed by atoms with Gasteiger partial charge >= 0.3 is 0 Å².